The van der Waals surface area contributed by atoms with Crippen molar-refractivity contribution >= 4 is 46.6 Å². The fourth-order valence-electron chi connectivity index (χ4n) is 2.77. The molecular formula is C18H15Cl2FN8. The number of nitrogens with one attached hydrogen (secondary N) is 2. The van der Waals surface area contributed by atoms with Gasteiger partial charge in [0.2, 0.25) is 17.8 Å². The molecule has 0 bridgehead atoms. The first-order valence-corrected chi connectivity index (χ1v) is 9.32. The van der Waals surface area contributed by atoms with Crippen molar-refractivity contribution in [1.82, 2.24) is 24.3 Å². The number of nitrogens with zero attached hydrogens (tertiary/aromatic N) is 5. The van der Waals surface area contributed by atoms with Crippen molar-refractivity contribution in [3.63, 3.8) is 0 Å². The molecular weight excluding hydrogens is 418 g/mol. The fourth-order valence-corrected chi connectivity index (χ4v) is 3.28. The molecule has 0 saturated carbocycles. The molecule has 0 aliphatic rings. The zero-order chi connectivity index (χ0) is 20.4. The Morgan fingerprint density at radius 1 is 1.03 bits per heavy atom. The Kier molecular flexibility index (Phi) is 5.32. The molecule has 11 heteroatoms. The number of anilines is 3. The quantitative estimate of drug-likeness (QED) is 0.314. The van der Waals surface area contributed by atoms with Gasteiger partial charge in [0.05, 0.1) is 10.7 Å². The Balaban J connectivity index is 1.53. The maximum atomic E-state index is 13.3. The third kappa shape index (κ3) is 4.30. The van der Waals surface area contributed by atoms with E-state index in [0.29, 0.717) is 46.2 Å². The topological polar surface area (TPSA) is 106 Å². The van der Waals surface area contributed by atoms with E-state index in [1.165, 1.54) is 6.07 Å². The fraction of sp³-hybridized carbons (Fsp3) is 0.111. The second-order valence-electron chi connectivity index (χ2n) is 6.03. The lowest BCUT2D eigenvalue weighted by Crippen LogP contribution is -2.17. The molecule has 0 amide bonds. The highest BCUT2D eigenvalue weighted by Gasteiger charge is 2.11. The number of rotatable bonds is 6. The Morgan fingerprint density at radius 3 is 2.66 bits per heavy atom. The molecule has 0 aliphatic carbocycles. The lowest BCUT2D eigenvalue weighted by Gasteiger charge is -2.12. The summed E-state index contributed by atoms with van der Waals surface area (Å²) in [5.74, 6) is 0.0625. The molecule has 0 aliphatic heterocycles. The molecule has 148 valence electrons. The van der Waals surface area contributed by atoms with Gasteiger partial charge in [-0.15, -0.1) is 0 Å². The third-order valence-electron chi connectivity index (χ3n) is 4.02. The van der Waals surface area contributed by atoms with Gasteiger partial charge in [-0.1, -0.05) is 23.2 Å². The minimum absolute atomic E-state index is 0.130. The van der Waals surface area contributed by atoms with E-state index in [4.69, 9.17) is 28.9 Å². The molecule has 3 heterocycles. The van der Waals surface area contributed by atoms with Gasteiger partial charge in [0.25, 0.3) is 0 Å². The summed E-state index contributed by atoms with van der Waals surface area (Å²) in [5.41, 5.74) is 7.56. The summed E-state index contributed by atoms with van der Waals surface area (Å²) in [6.07, 6.45) is 3.48. The van der Waals surface area contributed by atoms with E-state index in [1.807, 2.05) is 16.5 Å². The van der Waals surface area contributed by atoms with Crippen molar-refractivity contribution in [2.45, 2.75) is 0 Å². The van der Waals surface area contributed by atoms with Gasteiger partial charge in [0.1, 0.15) is 11.5 Å². The number of hydrogen-bond donors (Lipinski definition) is 3. The van der Waals surface area contributed by atoms with Crippen molar-refractivity contribution in [3.05, 3.63) is 58.7 Å². The summed E-state index contributed by atoms with van der Waals surface area (Å²) >= 11 is 12.3. The van der Waals surface area contributed by atoms with Crippen molar-refractivity contribution in [3.8, 4) is 11.3 Å². The summed E-state index contributed by atoms with van der Waals surface area (Å²) in [7, 11) is 0. The van der Waals surface area contributed by atoms with Crippen molar-refractivity contribution in [1.29, 1.82) is 0 Å². The number of aromatic nitrogens is 5. The highest BCUT2D eigenvalue weighted by Crippen LogP contribution is 2.30. The van der Waals surface area contributed by atoms with Crippen molar-refractivity contribution in [2.24, 2.45) is 0 Å². The van der Waals surface area contributed by atoms with Crippen LogP contribution in [0.1, 0.15) is 0 Å². The third-order valence-corrected chi connectivity index (χ3v) is 4.57. The van der Waals surface area contributed by atoms with Crippen LogP contribution in [0.3, 0.4) is 0 Å². The number of nitrogen functional groups attached to an aromatic ring is 1. The van der Waals surface area contributed by atoms with Gasteiger partial charge < -0.3 is 16.4 Å². The van der Waals surface area contributed by atoms with Crippen LogP contribution in [0.15, 0.2) is 42.7 Å². The number of hydrogen-bond acceptors (Lipinski definition) is 7. The first-order chi connectivity index (χ1) is 14.0. The van der Waals surface area contributed by atoms with E-state index in [2.05, 4.69) is 30.6 Å². The van der Waals surface area contributed by atoms with Crippen molar-refractivity contribution in [2.75, 3.05) is 29.5 Å². The Labute approximate surface area is 174 Å². The van der Waals surface area contributed by atoms with Gasteiger partial charge in [-0.05, 0) is 18.2 Å². The van der Waals surface area contributed by atoms with E-state index in [0.717, 1.165) is 5.56 Å². The van der Waals surface area contributed by atoms with Crippen LogP contribution in [0.25, 0.3) is 16.9 Å². The Hall–Kier alpha value is -3.17. The summed E-state index contributed by atoms with van der Waals surface area (Å²) in [5, 5.41) is 7.25. The first-order valence-electron chi connectivity index (χ1n) is 8.57. The molecule has 0 spiro atoms. The van der Waals surface area contributed by atoms with Crippen LogP contribution in [-0.4, -0.2) is 37.4 Å². The van der Waals surface area contributed by atoms with E-state index in [1.54, 1.807) is 24.5 Å². The van der Waals surface area contributed by atoms with E-state index in [-0.39, 0.29) is 5.95 Å². The van der Waals surface area contributed by atoms with Crippen LogP contribution in [0.4, 0.5) is 22.1 Å². The maximum Gasteiger partial charge on any atom is 0.224 e. The average Bonchev–Trinajstić information content (AvgIpc) is 3.13. The minimum Gasteiger partial charge on any atom is -0.368 e. The van der Waals surface area contributed by atoms with Gasteiger partial charge in [-0.2, -0.15) is 14.4 Å². The molecule has 0 saturated heterocycles. The highest BCUT2D eigenvalue weighted by atomic mass is 35.5. The van der Waals surface area contributed by atoms with Crippen LogP contribution in [-0.2, 0) is 0 Å². The molecule has 0 fully saturated rings. The lowest BCUT2D eigenvalue weighted by molar-refractivity contribution is 0.583. The average molecular weight is 433 g/mol. The van der Waals surface area contributed by atoms with Gasteiger partial charge in [0, 0.05) is 48.2 Å². The highest BCUT2D eigenvalue weighted by molar-refractivity contribution is 6.36. The number of benzene rings is 1. The van der Waals surface area contributed by atoms with Gasteiger partial charge in [-0.3, -0.25) is 4.40 Å². The molecule has 0 radical (unpaired) electrons. The normalized spacial score (nSPS) is 11.0. The standard InChI is InChI=1S/C18H15Cl2FN8/c19-10-1-2-11(12(20)7-10)13-8-16-24-5-6-29(16)18(26-13)25-4-3-23-15-9-14(21)27-17(22)28-15/h1-2,5-9H,3-4H2,(H,25,26)(H3,22,23,27,28). The number of fused-ring (bicyclic) bond motifs is 1. The summed E-state index contributed by atoms with van der Waals surface area (Å²) in [4.78, 5) is 16.3. The minimum atomic E-state index is -0.692. The number of nitrogens with two attached hydrogens (primary N) is 1. The zero-order valence-electron chi connectivity index (χ0n) is 14.9. The molecule has 0 unspecified atom stereocenters. The van der Waals surface area contributed by atoms with Crippen molar-refractivity contribution < 1.29 is 4.39 Å². The lowest BCUT2D eigenvalue weighted by atomic mass is 10.1. The van der Waals surface area contributed by atoms with Crippen LogP contribution in [0.5, 0.6) is 0 Å². The maximum absolute atomic E-state index is 13.3. The molecule has 29 heavy (non-hydrogen) atoms. The van der Waals surface area contributed by atoms with Crippen LogP contribution in [0.2, 0.25) is 10.0 Å². The van der Waals surface area contributed by atoms with Gasteiger partial charge >= 0.3 is 0 Å². The van der Waals surface area contributed by atoms with Crippen LogP contribution in [0, 0.1) is 5.95 Å². The molecule has 4 N–H and O–H groups in total. The van der Waals surface area contributed by atoms with Gasteiger partial charge in [0.15, 0.2) is 0 Å². The largest absolute Gasteiger partial charge is 0.368 e. The predicted octanol–water partition coefficient (Wildman–Crippen LogP) is 3.74. The monoisotopic (exact) mass is 432 g/mol. The molecule has 8 nitrogen and oxygen atoms in total. The second-order valence-corrected chi connectivity index (χ2v) is 6.88. The molecule has 4 aromatic rings. The number of imidazole rings is 1. The summed E-state index contributed by atoms with van der Waals surface area (Å²) in [6.45, 7) is 0.920. The van der Waals surface area contributed by atoms with E-state index in [9.17, 15) is 4.39 Å². The van der Waals surface area contributed by atoms with Crippen LogP contribution >= 0.6 is 23.2 Å². The summed E-state index contributed by atoms with van der Waals surface area (Å²) < 4.78 is 15.1. The van der Waals surface area contributed by atoms with E-state index >= 15 is 0 Å². The molecule has 0 atom stereocenters. The van der Waals surface area contributed by atoms with E-state index < -0.39 is 5.95 Å². The smallest absolute Gasteiger partial charge is 0.224 e. The molecule has 4 rings (SSSR count). The predicted molar refractivity (Wildman–Crippen MR) is 112 cm³/mol. The van der Waals surface area contributed by atoms with Gasteiger partial charge in [-0.25, -0.2) is 9.97 Å². The SMILES string of the molecule is Nc1nc(F)cc(NCCNc2nc(-c3ccc(Cl)cc3Cl)cc3nccn23)n1. The zero-order valence-corrected chi connectivity index (χ0v) is 16.4. The molecule has 1 aromatic carbocycles. The van der Waals surface area contributed by atoms with Crippen LogP contribution < -0.4 is 16.4 Å². The first kappa shape index (κ1) is 19.2. The molecule has 3 aromatic heterocycles. The Bertz CT molecular complexity index is 1160. The summed E-state index contributed by atoms with van der Waals surface area (Å²) in [6, 6.07) is 8.24. The second kappa shape index (κ2) is 8.06. The number of halogens is 3. The Morgan fingerprint density at radius 2 is 1.86 bits per heavy atom.